The Hall–Kier alpha value is -2.80. The van der Waals surface area contributed by atoms with E-state index in [0.717, 1.165) is 43.8 Å². The van der Waals surface area contributed by atoms with Crippen LogP contribution in [-0.4, -0.2) is 43.0 Å². The van der Waals surface area contributed by atoms with Crippen molar-refractivity contribution >= 4 is 6.03 Å². The Morgan fingerprint density at radius 1 is 1.21 bits per heavy atom. The van der Waals surface area contributed by atoms with Gasteiger partial charge in [-0.25, -0.2) is 4.79 Å². The van der Waals surface area contributed by atoms with Crippen LogP contribution in [-0.2, 0) is 11.3 Å². The van der Waals surface area contributed by atoms with Gasteiger partial charge in [0, 0.05) is 49.7 Å². The Bertz CT molecular complexity index is 790. The lowest BCUT2D eigenvalue weighted by Gasteiger charge is -2.35. The van der Waals surface area contributed by atoms with E-state index in [0.29, 0.717) is 24.8 Å². The fourth-order valence-corrected chi connectivity index (χ4v) is 3.49. The van der Waals surface area contributed by atoms with E-state index in [1.165, 1.54) is 0 Å². The molecule has 1 atom stereocenters. The minimum atomic E-state index is -0.180. The number of benzene rings is 1. The minimum absolute atomic E-state index is 0.138. The molecule has 7 nitrogen and oxygen atoms in total. The number of amides is 2. The topological polar surface area (TPSA) is 81.7 Å². The molecule has 0 radical (unpaired) electrons. The van der Waals surface area contributed by atoms with Gasteiger partial charge in [-0.1, -0.05) is 18.2 Å². The lowest BCUT2D eigenvalue weighted by Crippen LogP contribution is -2.51. The fraction of sp³-hybridized carbons (Fsp3) is 0.455. The molecule has 2 N–H and O–H groups in total. The van der Waals surface area contributed by atoms with Crippen LogP contribution in [0.25, 0.3) is 0 Å². The standard InChI is InChI=1S/C22H27N3O4/c26-22(25-18-10-20(11-18)29-19-4-2-1-3-5-19)24-12-17-6-8-23-13-21(17)28-15-16-7-9-27-14-16/h1-6,8,13,16,18,20H,7,9-12,14-15H2,(H2,24,25,26). The van der Waals surface area contributed by atoms with E-state index in [9.17, 15) is 4.79 Å². The number of hydrogen-bond donors (Lipinski definition) is 2. The van der Waals surface area contributed by atoms with Crippen molar-refractivity contribution in [3.63, 3.8) is 0 Å². The van der Waals surface area contributed by atoms with E-state index in [-0.39, 0.29) is 18.2 Å². The van der Waals surface area contributed by atoms with Gasteiger partial charge in [0.05, 0.1) is 19.4 Å². The van der Waals surface area contributed by atoms with E-state index in [2.05, 4.69) is 15.6 Å². The number of hydrogen-bond acceptors (Lipinski definition) is 5. The maximum atomic E-state index is 12.2. The molecule has 2 amide bonds. The number of urea groups is 1. The van der Waals surface area contributed by atoms with Crippen LogP contribution in [0.1, 0.15) is 24.8 Å². The molecule has 1 aromatic carbocycles. The van der Waals surface area contributed by atoms with Gasteiger partial charge in [0.1, 0.15) is 17.6 Å². The number of para-hydroxylation sites is 1. The zero-order valence-corrected chi connectivity index (χ0v) is 16.4. The first kappa shape index (κ1) is 19.5. The molecule has 2 heterocycles. The van der Waals surface area contributed by atoms with Crippen LogP contribution in [0.15, 0.2) is 48.8 Å². The summed E-state index contributed by atoms with van der Waals surface area (Å²) in [6.45, 7) is 2.54. The maximum Gasteiger partial charge on any atom is 0.315 e. The highest BCUT2D eigenvalue weighted by Crippen LogP contribution is 2.26. The second kappa shape index (κ2) is 9.60. The Morgan fingerprint density at radius 2 is 2.07 bits per heavy atom. The Morgan fingerprint density at radius 3 is 2.86 bits per heavy atom. The van der Waals surface area contributed by atoms with Gasteiger partial charge in [-0.15, -0.1) is 0 Å². The Labute approximate surface area is 170 Å². The lowest BCUT2D eigenvalue weighted by molar-refractivity contribution is 0.0885. The quantitative estimate of drug-likeness (QED) is 0.716. The van der Waals surface area contributed by atoms with E-state index < -0.39 is 0 Å². The van der Waals surface area contributed by atoms with Crippen molar-refractivity contribution in [2.24, 2.45) is 5.92 Å². The van der Waals surface area contributed by atoms with Crippen LogP contribution in [0.3, 0.4) is 0 Å². The van der Waals surface area contributed by atoms with E-state index in [1.807, 2.05) is 36.4 Å². The van der Waals surface area contributed by atoms with Crippen molar-refractivity contribution in [3.05, 3.63) is 54.4 Å². The zero-order chi connectivity index (χ0) is 19.9. The molecule has 154 valence electrons. The Balaban J connectivity index is 1.17. The molecule has 1 aromatic heterocycles. The second-order valence-corrected chi connectivity index (χ2v) is 7.57. The van der Waals surface area contributed by atoms with Crippen molar-refractivity contribution < 1.29 is 19.0 Å². The average Bonchev–Trinajstić information content (AvgIpc) is 3.24. The summed E-state index contributed by atoms with van der Waals surface area (Å²) >= 11 is 0. The van der Waals surface area contributed by atoms with Gasteiger partial charge >= 0.3 is 6.03 Å². The second-order valence-electron chi connectivity index (χ2n) is 7.57. The first-order valence-corrected chi connectivity index (χ1v) is 10.2. The number of ether oxygens (including phenoxy) is 3. The lowest BCUT2D eigenvalue weighted by atomic mass is 9.89. The monoisotopic (exact) mass is 397 g/mol. The number of rotatable bonds is 8. The third-order valence-corrected chi connectivity index (χ3v) is 5.28. The molecule has 29 heavy (non-hydrogen) atoms. The average molecular weight is 397 g/mol. The minimum Gasteiger partial charge on any atom is -0.491 e. The molecular weight excluding hydrogens is 370 g/mol. The molecular formula is C22H27N3O4. The highest BCUT2D eigenvalue weighted by Gasteiger charge is 2.32. The summed E-state index contributed by atoms with van der Waals surface area (Å²) in [5.41, 5.74) is 0.910. The molecule has 2 fully saturated rings. The zero-order valence-electron chi connectivity index (χ0n) is 16.4. The van der Waals surface area contributed by atoms with Crippen LogP contribution in [0.4, 0.5) is 4.79 Å². The Kier molecular flexibility index (Phi) is 6.46. The first-order valence-electron chi connectivity index (χ1n) is 10.2. The van der Waals surface area contributed by atoms with Crippen molar-refractivity contribution in [1.29, 1.82) is 0 Å². The third kappa shape index (κ3) is 5.60. The number of carbonyl (C=O) groups is 1. The summed E-state index contributed by atoms with van der Waals surface area (Å²) in [7, 11) is 0. The highest BCUT2D eigenvalue weighted by molar-refractivity contribution is 5.74. The van der Waals surface area contributed by atoms with Gasteiger partial charge in [0.15, 0.2) is 0 Å². The van der Waals surface area contributed by atoms with Gasteiger partial charge in [-0.2, -0.15) is 0 Å². The molecule has 1 unspecified atom stereocenters. The molecule has 4 rings (SSSR count). The summed E-state index contributed by atoms with van der Waals surface area (Å²) in [6.07, 6.45) is 6.21. The summed E-state index contributed by atoms with van der Waals surface area (Å²) in [6, 6.07) is 11.6. The molecule has 7 heteroatoms. The van der Waals surface area contributed by atoms with Crippen LogP contribution < -0.4 is 20.1 Å². The highest BCUT2D eigenvalue weighted by atomic mass is 16.5. The van der Waals surface area contributed by atoms with Crippen molar-refractivity contribution in [3.8, 4) is 11.5 Å². The summed E-state index contributed by atoms with van der Waals surface area (Å²) in [5, 5.41) is 5.90. The summed E-state index contributed by atoms with van der Waals surface area (Å²) in [5.74, 6) is 2.00. The number of nitrogens with zero attached hydrogens (tertiary/aromatic N) is 1. The van der Waals surface area contributed by atoms with Crippen molar-refractivity contribution in [1.82, 2.24) is 15.6 Å². The molecule has 1 saturated heterocycles. The van der Waals surface area contributed by atoms with Crippen LogP contribution in [0.2, 0.25) is 0 Å². The van der Waals surface area contributed by atoms with Gasteiger partial charge < -0.3 is 24.8 Å². The van der Waals surface area contributed by atoms with Gasteiger partial charge in [0.2, 0.25) is 0 Å². The normalized spacial score (nSPS) is 23.1. The molecule has 1 saturated carbocycles. The fourth-order valence-electron chi connectivity index (χ4n) is 3.49. The SMILES string of the molecule is O=C(NCc1ccncc1OCC1CCOC1)NC1CC(Oc2ccccc2)C1. The van der Waals surface area contributed by atoms with Crippen molar-refractivity contribution in [2.75, 3.05) is 19.8 Å². The molecule has 2 aliphatic rings. The first-order chi connectivity index (χ1) is 14.3. The third-order valence-electron chi connectivity index (χ3n) is 5.28. The molecule has 0 bridgehead atoms. The van der Waals surface area contributed by atoms with Crippen LogP contribution in [0, 0.1) is 5.92 Å². The van der Waals surface area contributed by atoms with Crippen LogP contribution in [0.5, 0.6) is 11.5 Å². The number of carbonyl (C=O) groups excluding carboxylic acids is 1. The molecule has 1 aliphatic carbocycles. The van der Waals surface area contributed by atoms with Crippen molar-refractivity contribution in [2.45, 2.75) is 38.0 Å². The molecule has 0 spiro atoms. The largest absolute Gasteiger partial charge is 0.491 e. The number of nitrogens with one attached hydrogen (secondary N) is 2. The summed E-state index contributed by atoms with van der Waals surface area (Å²) < 4.78 is 17.2. The van der Waals surface area contributed by atoms with E-state index >= 15 is 0 Å². The predicted molar refractivity (Wildman–Crippen MR) is 108 cm³/mol. The number of aromatic nitrogens is 1. The van der Waals surface area contributed by atoms with Gasteiger partial charge in [-0.05, 0) is 24.6 Å². The summed E-state index contributed by atoms with van der Waals surface area (Å²) in [4.78, 5) is 16.4. The van der Waals surface area contributed by atoms with E-state index in [1.54, 1.807) is 12.4 Å². The van der Waals surface area contributed by atoms with Gasteiger partial charge in [0.25, 0.3) is 0 Å². The smallest absolute Gasteiger partial charge is 0.315 e. The molecule has 2 aromatic rings. The van der Waals surface area contributed by atoms with Gasteiger partial charge in [-0.3, -0.25) is 4.98 Å². The van der Waals surface area contributed by atoms with Crippen LogP contribution >= 0.6 is 0 Å². The number of pyridine rings is 1. The van der Waals surface area contributed by atoms with E-state index in [4.69, 9.17) is 14.2 Å². The predicted octanol–water partition coefficient (Wildman–Crippen LogP) is 2.91. The maximum absolute atomic E-state index is 12.2. The molecule has 1 aliphatic heterocycles.